The predicted octanol–water partition coefficient (Wildman–Crippen LogP) is 4.15. The highest BCUT2D eigenvalue weighted by molar-refractivity contribution is 6.31. The molecule has 1 fully saturated rings. The van der Waals surface area contributed by atoms with Gasteiger partial charge in [-0.1, -0.05) is 11.6 Å². The van der Waals surface area contributed by atoms with Crippen molar-refractivity contribution in [3.8, 4) is 6.07 Å². The third kappa shape index (κ3) is 3.26. The molecule has 3 rings (SSSR count). The number of anilines is 1. The van der Waals surface area contributed by atoms with Crippen LogP contribution < -0.4 is 4.90 Å². The van der Waals surface area contributed by atoms with Crippen LogP contribution in [0.2, 0.25) is 5.02 Å². The Labute approximate surface area is 141 Å². The number of hydrogen-bond acceptors (Lipinski definition) is 4. The van der Waals surface area contributed by atoms with Gasteiger partial charge in [-0.2, -0.15) is 5.26 Å². The summed E-state index contributed by atoms with van der Waals surface area (Å²) in [6, 6.07) is 9.56. The Hall–Kier alpha value is -1.83. The van der Waals surface area contributed by atoms with Crippen LogP contribution in [0.4, 0.5) is 5.82 Å². The summed E-state index contributed by atoms with van der Waals surface area (Å²) in [5.74, 6) is 0.806. The van der Waals surface area contributed by atoms with E-state index in [9.17, 15) is 5.26 Å². The second-order valence-electron chi connectivity index (χ2n) is 7.28. The number of fused-ring (bicyclic) bond motifs is 1. The van der Waals surface area contributed by atoms with Crippen LogP contribution in [0.15, 0.2) is 24.3 Å². The molecular weight excluding hydrogens is 310 g/mol. The summed E-state index contributed by atoms with van der Waals surface area (Å²) in [6.45, 7) is 9.76. The van der Waals surface area contributed by atoms with Gasteiger partial charge in [-0.05, 0) is 52.0 Å². The molecule has 2 heterocycles. The number of hydrogen-bond donors (Lipinski definition) is 0. The van der Waals surface area contributed by atoms with E-state index in [0.717, 1.165) is 29.8 Å². The van der Waals surface area contributed by atoms with Crippen LogP contribution in [0.5, 0.6) is 0 Å². The maximum atomic E-state index is 9.49. The molecule has 0 N–H and O–H groups in total. The molecule has 1 aromatic carbocycles. The van der Waals surface area contributed by atoms with Crippen LogP contribution in [0.25, 0.3) is 10.9 Å². The van der Waals surface area contributed by atoms with Gasteiger partial charge in [0.1, 0.15) is 5.82 Å². The molecule has 1 aliphatic rings. The molecule has 0 radical (unpaired) electrons. The highest BCUT2D eigenvalue weighted by atomic mass is 35.5. The lowest BCUT2D eigenvalue weighted by molar-refractivity contribution is -0.133. The Morgan fingerprint density at radius 3 is 2.43 bits per heavy atom. The zero-order valence-corrected chi connectivity index (χ0v) is 14.6. The molecule has 1 aliphatic heterocycles. The summed E-state index contributed by atoms with van der Waals surface area (Å²) in [5.41, 5.74) is 0.830. The number of ether oxygens (including phenoxy) is 1. The fourth-order valence-electron chi connectivity index (χ4n) is 3.39. The maximum Gasteiger partial charge on any atom is 0.130 e. The largest absolute Gasteiger partial charge is 0.366 e. The van der Waals surface area contributed by atoms with Gasteiger partial charge in [-0.25, -0.2) is 4.98 Å². The van der Waals surface area contributed by atoms with E-state index in [0.29, 0.717) is 10.6 Å². The molecule has 0 saturated carbocycles. The quantitative estimate of drug-likeness (QED) is 0.788. The van der Waals surface area contributed by atoms with Crippen molar-refractivity contribution in [2.45, 2.75) is 38.9 Å². The summed E-state index contributed by atoms with van der Waals surface area (Å²) in [4.78, 5) is 6.93. The lowest BCUT2D eigenvalue weighted by Gasteiger charge is -2.47. The van der Waals surface area contributed by atoms with Crippen LogP contribution in [-0.4, -0.2) is 29.3 Å². The van der Waals surface area contributed by atoms with E-state index >= 15 is 0 Å². The Kier molecular flexibility index (Phi) is 3.74. The molecule has 0 atom stereocenters. The van der Waals surface area contributed by atoms with Crippen molar-refractivity contribution in [2.24, 2.45) is 0 Å². The smallest absolute Gasteiger partial charge is 0.130 e. The summed E-state index contributed by atoms with van der Waals surface area (Å²) in [6.07, 6.45) is 0. The third-order valence-electron chi connectivity index (χ3n) is 3.90. The van der Waals surface area contributed by atoms with Crippen molar-refractivity contribution in [3.63, 3.8) is 0 Å². The van der Waals surface area contributed by atoms with Gasteiger partial charge in [0.2, 0.25) is 0 Å². The first-order valence-electron chi connectivity index (χ1n) is 7.65. The molecule has 23 heavy (non-hydrogen) atoms. The third-order valence-corrected chi connectivity index (χ3v) is 4.13. The topological polar surface area (TPSA) is 49.2 Å². The molecule has 120 valence electrons. The number of aromatic nitrogens is 1. The fraction of sp³-hybridized carbons (Fsp3) is 0.444. The van der Waals surface area contributed by atoms with Crippen molar-refractivity contribution in [2.75, 3.05) is 18.0 Å². The molecule has 0 unspecified atom stereocenters. The van der Waals surface area contributed by atoms with E-state index in [-0.39, 0.29) is 11.2 Å². The molecule has 0 aliphatic carbocycles. The van der Waals surface area contributed by atoms with E-state index in [4.69, 9.17) is 21.3 Å². The van der Waals surface area contributed by atoms with Crippen LogP contribution in [-0.2, 0) is 4.74 Å². The number of benzene rings is 1. The Morgan fingerprint density at radius 1 is 1.17 bits per heavy atom. The molecule has 1 saturated heterocycles. The SMILES string of the molecule is CC1(C)CN(c2cc(C#N)c3cc(Cl)ccc3n2)CC(C)(C)O1. The van der Waals surface area contributed by atoms with Gasteiger partial charge in [0, 0.05) is 23.5 Å². The van der Waals surface area contributed by atoms with Crippen molar-refractivity contribution < 1.29 is 4.74 Å². The van der Waals surface area contributed by atoms with Gasteiger partial charge in [0.25, 0.3) is 0 Å². The molecule has 5 heteroatoms. The number of rotatable bonds is 1. The van der Waals surface area contributed by atoms with Crippen LogP contribution >= 0.6 is 11.6 Å². The van der Waals surface area contributed by atoms with Gasteiger partial charge >= 0.3 is 0 Å². The molecule has 0 amide bonds. The molecule has 4 nitrogen and oxygen atoms in total. The minimum Gasteiger partial charge on any atom is -0.366 e. The Morgan fingerprint density at radius 2 is 1.83 bits per heavy atom. The summed E-state index contributed by atoms with van der Waals surface area (Å²) >= 11 is 6.05. The lowest BCUT2D eigenvalue weighted by atomic mass is 9.98. The minimum atomic E-state index is -0.273. The van der Waals surface area contributed by atoms with E-state index in [1.54, 1.807) is 12.1 Å². The second-order valence-corrected chi connectivity index (χ2v) is 7.72. The van der Waals surface area contributed by atoms with Crippen LogP contribution in [0, 0.1) is 11.3 Å². The number of nitrogens with zero attached hydrogens (tertiary/aromatic N) is 3. The second kappa shape index (κ2) is 5.36. The normalized spacial score (nSPS) is 19.6. The molecule has 1 aromatic heterocycles. The van der Waals surface area contributed by atoms with Crippen molar-refractivity contribution in [1.29, 1.82) is 5.26 Å². The fourth-order valence-corrected chi connectivity index (χ4v) is 3.56. The predicted molar refractivity (Wildman–Crippen MR) is 92.9 cm³/mol. The van der Waals surface area contributed by atoms with Crippen molar-refractivity contribution in [1.82, 2.24) is 4.98 Å². The zero-order chi connectivity index (χ0) is 16.8. The Bertz CT molecular complexity index is 792. The first kappa shape index (κ1) is 16.0. The summed E-state index contributed by atoms with van der Waals surface area (Å²) in [5, 5.41) is 10.9. The van der Waals surface area contributed by atoms with Crippen molar-refractivity contribution in [3.05, 3.63) is 34.9 Å². The number of halogens is 1. The highest BCUT2D eigenvalue weighted by Gasteiger charge is 2.38. The highest BCUT2D eigenvalue weighted by Crippen LogP contribution is 2.32. The average Bonchev–Trinajstić information content (AvgIpc) is 2.42. The molecule has 0 bridgehead atoms. The van der Waals surface area contributed by atoms with E-state index in [2.05, 4.69) is 38.7 Å². The standard InChI is InChI=1S/C18H20ClN3O/c1-17(2)10-22(11-18(3,4)23-17)16-7-12(9-20)14-8-13(19)5-6-15(14)21-16/h5-8H,10-11H2,1-4H3. The van der Waals surface area contributed by atoms with Gasteiger partial charge < -0.3 is 9.64 Å². The zero-order valence-electron chi connectivity index (χ0n) is 13.9. The summed E-state index contributed by atoms with van der Waals surface area (Å²) in [7, 11) is 0. The minimum absolute atomic E-state index is 0.273. The average molecular weight is 330 g/mol. The van der Waals surface area contributed by atoms with E-state index in [1.807, 2.05) is 12.1 Å². The van der Waals surface area contributed by atoms with Gasteiger partial charge in [0.15, 0.2) is 0 Å². The van der Waals surface area contributed by atoms with E-state index < -0.39 is 0 Å². The maximum absolute atomic E-state index is 9.49. The van der Waals surface area contributed by atoms with Crippen LogP contribution in [0.3, 0.4) is 0 Å². The van der Waals surface area contributed by atoms with E-state index in [1.165, 1.54) is 0 Å². The lowest BCUT2D eigenvalue weighted by Crippen LogP contribution is -2.57. The van der Waals surface area contributed by atoms with Crippen molar-refractivity contribution >= 4 is 28.3 Å². The number of morpholine rings is 1. The van der Waals surface area contributed by atoms with Gasteiger partial charge in [-0.3, -0.25) is 0 Å². The molecular formula is C18H20ClN3O. The monoisotopic (exact) mass is 329 g/mol. The molecule has 0 spiro atoms. The number of nitriles is 1. The first-order chi connectivity index (χ1) is 10.7. The number of pyridine rings is 1. The Balaban J connectivity index is 2.10. The molecule has 2 aromatic rings. The summed E-state index contributed by atoms with van der Waals surface area (Å²) < 4.78 is 6.12. The van der Waals surface area contributed by atoms with Gasteiger partial charge in [-0.15, -0.1) is 0 Å². The van der Waals surface area contributed by atoms with Crippen LogP contribution in [0.1, 0.15) is 33.3 Å². The van der Waals surface area contributed by atoms with Gasteiger partial charge in [0.05, 0.1) is 28.4 Å². The first-order valence-corrected chi connectivity index (χ1v) is 8.02.